The van der Waals surface area contributed by atoms with Crippen molar-refractivity contribution < 1.29 is 0 Å². The van der Waals surface area contributed by atoms with Crippen LogP contribution in [0, 0.1) is 23.7 Å². The Hall–Kier alpha value is -3.32. The van der Waals surface area contributed by atoms with Crippen LogP contribution in [0.4, 0.5) is 17.1 Å². The summed E-state index contributed by atoms with van der Waals surface area (Å²) in [5, 5.41) is 0. The second kappa shape index (κ2) is 10.4. The Labute approximate surface area is 308 Å². The Bertz CT molecular complexity index is 1980. The Morgan fingerprint density at radius 2 is 0.922 bits per heavy atom. The lowest BCUT2D eigenvalue weighted by Crippen LogP contribution is -2.55. The number of fused-ring (bicyclic) bond motifs is 5. The monoisotopic (exact) mass is 673 g/mol. The van der Waals surface area contributed by atoms with Crippen molar-refractivity contribution >= 4 is 17.1 Å². The molecule has 4 aromatic carbocycles. The third-order valence-corrected chi connectivity index (χ3v) is 16.0. The van der Waals surface area contributed by atoms with Gasteiger partial charge in [-0.25, -0.2) is 0 Å². The lowest BCUT2D eigenvalue weighted by atomic mass is 9.43. The summed E-state index contributed by atoms with van der Waals surface area (Å²) < 4.78 is 0. The van der Waals surface area contributed by atoms with Gasteiger partial charge >= 0.3 is 0 Å². The van der Waals surface area contributed by atoms with Crippen molar-refractivity contribution in [2.24, 2.45) is 23.7 Å². The maximum absolute atomic E-state index is 2.70. The van der Waals surface area contributed by atoms with E-state index in [-0.39, 0.29) is 27.1 Å². The average Bonchev–Trinajstić information content (AvgIpc) is 3.39. The van der Waals surface area contributed by atoms with E-state index in [1.165, 1.54) is 108 Å². The molecular formula is C50H59N. The first-order valence-corrected chi connectivity index (χ1v) is 20.5. The fraction of sp³-hybridized carbons (Fsp3) is 0.520. The number of hydrogen-bond acceptors (Lipinski definition) is 1. The van der Waals surface area contributed by atoms with Crippen LogP contribution in [0.2, 0.25) is 0 Å². The Kier molecular flexibility index (Phi) is 6.61. The van der Waals surface area contributed by atoms with Gasteiger partial charge in [0.2, 0.25) is 0 Å². The highest BCUT2D eigenvalue weighted by atomic mass is 15.1. The minimum absolute atomic E-state index is 0.143. The Morgan fingerprint density at radius 1 is 0.451 bits per heavy atom. The molecule has 4 fully saturated rings. The first-order chi connectivity index (χ1) is 24.2. The zero-order chi connectivity index (χ0) is 35.3. The summed E-state index contributed by atoms with van der Waals surface area (Å²) in [4.78, 5) is 2.70. The smallest absolute Gasteiger partial charge is 0.0543 e. The quantitative estimate of drug-likeness (QED) is 0.209. The van der Waals surface area contributed by atoms with Crippen molar-refractivity contribution in [3.8, 4) is 11.1 Å². The predicted octanol–water partition coefficient (Wildman–Crippen LogP) is 13.6. The van der Waals surface area contributed by atoms with Gasteiger partial charge in [0.15, 0.2) is 0 Å². The predicted molar refractivity (Wildman–Crippen MR) is 215 cm³/mol. The van der Waals surface area contributed by atoms with Crippen LogP contribution >= 0.6 is 0 Å². The maximum atomic E-state index is 2.70. The molecule has 0 saturated heterocycles. The van der Waals surface area contributed by atoms with Crippen LogP contribution in [0.15, 0.2) is 78.9 Å². The summed E-state index contributed by atoms with van der Waals surface area (Å²) in [7, 11) is 0. The summed E-state index contributed by atoms with van der Waals surface area (Å²) in [5.74, 6) is 3.41. The molecule has 7 aliphatic carbocycles. The number of hydrogen-bond donors (Lipinski definition) is 0. The fourth-order valence-electron chi connectivity index (χ4n) is 13.2. The molecule has 0 radical (unpaired) electrons. The first kappa shape index (κ1) is 32.3. The molecule has 51 heavy (non-hydrogen) atoms. The molecule has 0 atom stereocenters. The van der Waals surface area contributed by atoms with Gasteiger partial charge in [0.05, 0.1) is 5.69 Å². The molecule has 4 bridgehead atoms. The summed E-state index contributed by atoms with van der Waals surface area (Å²) >= 11 is 0. The van der Waals surface area contributed by atoms with E-state index in [1.807, 2.05) is 0 Å². The highest BCUT2D eigenvalue weighted by Crippen LogP contribution is 2.70. The molecule has 4 aromatic rings. The van der Waals surface area contributed by atoms with Gasteiger partial charge in [-0.1, -0.05) is 104 Å². The van der Waals surface area contributed by atoms with E-state index >= 15 is 0 Å². The van der Waals surface area contributed by atoms with Crippen molar-refractivity contribution in [2.75, 3.05) is 4.90 Å². The second-order valence-corrected chi connectivity index (χ2v) is 20.7. The van der Waals surface area contributed by atoms with E-state index in [2.05, 4.69) is 139 Å². The topological polar surface area (TPSA) is 3.24 Å². The van der Waals surface area contributed by atoms with Crippen molar-refractivity contribution in [1.29, 1.82) is 0 Å². The fourth-order valence-corrected chi connectivity index (χ4v) is 13.2. The zero-order valence-corrected chi connectivity index (χ0v) is 32.6. The standard InChI is InChI=1S/C50H59N/c1-46(2)20-22-48(5,6)42-29-35(16-18-39(42)46)51(36-17-19-40-43(30-36)49(7,8)23-21-47(40,3)4)44-15-11-14-41-45(44)37-12-9-10-13-38(37)50(41)33-25-31-24-32(27-33)28-34(50)26-31/h9-19,29-34H,20-28H2,1-8H3. The Balaban J connectivity index is 1.24. The van der Waals surface area contributed by atoms with Gasteiger partial charge in [-0.2, -0.15) is 0 Å². The molecule has 0 aromatic heterocycles. The molecule has 0 aliphatic heterocycles. The van der Waals surface area contributed by atoms with Gasteiger partial charge in [-0.15, -0.1) is 0 Å². The van der Waals surface area contributed by atoms with E-state index in [9.17, 15) is 0 Å². The molecule has 0 amide bonds. The zero-order valence-electron chi connectivity index (χ0n) is 32.6. The number of rotatable bonds is 3. The summed E-state index contributed by atoms with van der Waals surface area (Å²) in [6.45, 7) is 19.7. The van der Waals surface area contributed by atoms with E-state index in [4.69, 9.17) is 0 Å². The number of anilines is 3. The Morgan fingerprint density at radius 3 is 1.45 bits per heavy atom. The lowest BCUT2D eigenvalue weighted by molar-refractivity contribution is -0.0399. The van der Waals surface area contributed by atoms with Crippen LogP contribution in [0.5, 0.6) is 0 Å². The van der Waals surface area contributed by atoms with Gasteiger partial charge in [-0.05, 0) is 172 Å². The molecule has 11 rings (SSSR count). The van der Waals surface area contributed by atoms with Crippen LogP contribution < -0.4 is 4.90 Å². The highest BCUT2D eigenvalue weighted by Gasteiger charge is 2.62. The third kappa shape index (κ3) is 4.39. The average molecular weight is 674 g/mol. The van der Waals surface area contributed by atoms with E-state index in [0.29, 0.717) is 0 Å². The van der Waals surface area contributed by atoms with Crippen molar-refractivity contribution in [1.82, 2.24) is 0 Å². The van der Waals surface area contributed by atoms with E-state index in [0.717, 1.165) is 23.7 Å². The number of nitrogens with zero attached hydrogens (tertiary/aromatic N) is 1. The third-order valence-electron chi connectivity index (χ3n) is 16.0. The minimum Gasteiger partial charge on any atom is -0.310 e. The van der Waals surface area contributed by atoms with Gasteiger partial charge in [0.25, 0.3) is 0 Å². The molecular weight excluding hydrogens is 615 g/mol. The number of benzene rings is 4. The van der Waals surface area contributed by atoms with Crippen molar-refractivity contribution in [2.45, 2.75) is 140 Å². The molecule has 4 saturated carbocycles. The van der Waals surface area contributed by atoms with Crippen LogP contribution in [0.25, 0.3) is 11.1 Å². The van der Waals surface area contributed by atoms with Crippen LogP contribution in [-0.2, 0) is 27.1 Å². The molecule has 1 heteroatoms. The molecule has 264 valence electrons. The van der Waals surface area contributed by atoms with E-state index < -0.39 is 0 Å². The van der Waals surface area contributed by atoms with Crippen LogP contribution in [0.3, 0.4) is 0 Å². The van der Waals surface area contributed by atoms with Crippen molar-refractivity contribution in [3.63, 3.8) is 0 Å². The van der Waals surface area contributed by atoms with Gasteiger partial charge < -0.3 is 4.90 Å². The van der Waals surface area contributed by atoms with Crippen LogP contribution in [-0.4, -0.2) is 0 Å². The lowest BCUT2D eigenvalue weighted by Gasteiger charge is -2.61. The second-order valence-electron chi connectivity index (χ2n) is 20.7. The normalized spacial score (nSPS) is 30.7. The molecule has 0 unspecified atom stereocenters. The SMILES string of the molecule is CC1(C)CCC(C)(C)c2cc(N(c3ccc4c(c3)C(C)(C)CCC4(C)C)c3cccc4c3-c3ccccc3C43C4CC5CC(C4)CC3C5)ccc21. The molecule has 0 heterocycles. The molecule has 1 nitrogen and oxygen atoms in total. The summed E-state index contributed by atoms with van der Waals surface area (Å²) in [6.07, 6.45) is 12.1. The van der Waals surface area contributed by atoms with Gasteiger partial charge in [-0.3, -0.25) is 0 Å². The summed E-state index contributed by atoms with van der Waals surface area (Å²) in [6, 6.07) is 32.3. The first-order valence-electron chi connectivity index (χ1n) is 20.5. The van der Waals surface area contributed by atoms with Gasteiger partial charge in [0.1, 0.15) is 0 Å². The van der Waals surface area contributed by atoms with Crippen LogP contribution in [0.1, 0.15) is 147 Å². The molecule has 0 N–H and O–H groups in total. The van der Waals surface area contributed by atoms with Crippen molar-refractivity contribution in [3.05, 3.63) is 112 Å². The summed E-state index contributed by atoms with van der Waals surface area (Å²) in [5.41, 5.74) is 17.2. The highest BCUT2D eigenvalue weighted by molar-refractivity contribution is 5.95. The largest absolute Gasteiger partial charge is 0.310 e. The maximum Gasteiger partial charge on any atom is 0.0543 e. The minimum atomic E-state index is 0.143. The molecule has 7 aliphatic rings. The molecule has 1 spiro atoms. The van der Waals surface area contributed by atoms with E-state index in [1.54, 1.807) is 11.1 Å². The van der Waals surface area contributed by atoms with Gasteiger partial charge in [0, 0.05) is 22.4 Å².